The summed E-state index contributed by atoms with van der Waals surface area (Å²) >= 11 is 0. The van der Waals surface area contributed by atoms with Gasteiger partial charge < -0.3 is 24.4 Å². The van der Waals surface area contributed by atoms with E-state index in [9.17, 15) is 8.78 Å². The summed E-state index contributed by atoms with van der Waals surface area (Å²) in [7, 11) is 3.40. The largest absolute Gasteiger partial charge is 0.435 e. The SMILES string of the molecule is CN=C(NCc1cccc(OC(F)F)c1)N1CCC(COCCOC)C1.I. The first-order chi connectivity index (χ1) is 12.6. The number of hydrogen-bond acceptors (Lipinski definition) is 4. The quantitative estimate of drug-likeness (QED) is 0.245. The van der Waals surface area contributed by atoms with E-state index in [-0.39, 0.29) is 29.7 Å². The molecule has 1 atom stereocenters. The second-order valence-corrected chi connectivity index (χ2v) is 6.10. The maximum Gasteiger partial charge on any atom is 0.387 e. The highest BCUT2D eigenvalue weighted by atomic mass is 127. The van der Waals surface area contributed by atoms with Crippen molar-refractivity contribution in [2.75, 3.05) is 47.1 Å². The highest BCUT2D eigenvalue weighted by Gasteiger charge is 2.24. The van der Waals surface area contributed by atoms with Crippen LogP contribution in [0.5, 0.6) is 5.75 Å². The van der Waals surface area contributed by atoms with Gasteiger partial charge in [0.05, 0.1) is 19.8 Å². The predicted molar refractivity (Wildman–Crippen MR) is 111 cm³/mol. The van der Waals surface area contributed by atoms with Crippen molar-refractivity contribution in [2.45, 2.75) is 19.6 Å². The summed E-state index contributed by atoms with van der Waals surface area (Å²) in [4.78, 5) is 6.50. The monoisotopic (exact) mass is 499 g/mol. The van der Waals surface area contributed by atoms with Crippen molar-refractivity contribution in [3.8, 4) is 5.75 Å². The molecule has 0 amide bonds. The van der Waals surface area contributed by atoms with Crippen LogP contribution in [0.1, 0.15) is 12.0 Å². The Hall–Kier alpha value is -1.20. The van der Waals surface area contributed by atoms with Gasteiger partial charge in [0.1, 0.15) is 5.75 Å². The Morgan fingerprint density at radius 3 is 2.89 bits per heavy atom. The first kappa shape index (κ1) is 23.8. The molecule has 2 rings (SSSR count). The zero-order valence-electron chi connectivity index (χ0n) is 15.7. The van der Waals surface area contributed by atoms with Gasteiger partial charge in [-0.3, -0.25) is 4.99 Å². The highest BCUT2D eigenvalue weighted by molar-refractivity contribution is 14.0. The van der Waals surface area contributed by atoms with Crippen LogP contribution in [0.2, 0.25) is 0 Å². The Kier molecular flexibility index (Phi) is 11.5. The molecule has 1 unspecified atom stereocenters. The summed E-state index contributed by atoms with van der Waals surface area (Å²) in [6.07, 6.45) is 1.05. The van der Waals surface area contributed by atoms with Crippen molar-refractivity contribution < 1.29 is 23.0 Å². The predicted octanol–water partition coefficient (Wildman–Crippen LogP) is 2.97. The van der Waals surface area contributed by atoms with Gasteiger partial charge in [-0.05, 0) is 24.1 Å². The normalized spacial score (nSPS) is 17.1. The number of nitrogens with one attached hydrogen (secondary N) is 1. The van der Waals surface area contributed by atoms with Gasteiger partial charge in [-0.15, -0.1) is 24.0 Å². The third-order valence-corrected chi connectivity index (χ3v) is 4.16. The Bertz CT molecular complexity index is 579. The average molecular weight is 499 g/mol. The summed E-state index contributed by atoms with van der Waals surface area (Å²) in [6.45, 7) is 1.37. The molecule has 0 bridgehead atoms. The lowest BCUT2D eigenvalue weighted by atomic mass is 10.1. The Balaban J connectivity index is 0.00000364. The molecule has 9 heteroatoms. The van der Waals surface area contributed by atoms with Crippen molar-refractivity contribution in [1.29, 1.82) is 0 Å². The third-order valence-electron chi connectivity index (χ3n) is 4.16. The lowest BCUT2D eigenvalue weighted by Gasteiger charge is -2.22. The Morgan fingerprint density at radius 2 is 2.19 bits per heavy atom. The smallest absolute Gasteiger partial charge is 0.387 e. The fourth-order valence-electron chi connectivity index (χ4n) is 2.90. The van der Waals surface area contributed by atoms with E-state index in [1.165, 1.54) is 6.07 Å². The molecule has 1 aromatic rings. The zero-order chi connectivity index (χ0) is 18.8. The number of aliphatic imine (C=N–C) groups is 1. The molecule has 6 nitrogen and oxygen atoms in total. The molecule has 0 radical (unpaired) electrons. The summed E-state index contributed by atoms with van der Waals surface area (Å²) in [6, 6.07) is 6.66. The van der Waals surface area contributed by atoms with Gasteiger partial charge in [0.2, 0.25) is 0 Å². The van der Waals surface area contributed by atoms with Crippen LogP contribution in [0, 0.1) is 5.92 Å². The van der Waals surface area contributed by atoms with E-state index >= 15 is 0 Å². The summed E-state index contributed by atoms with van der Waals surface area (Å²) in [5.74, 6) is 1.42. The van der Waals surface area contributed by atoms with E-state index in [0.29, 0.717) is 32.3 Å². The summed E-state index contributed by atoms with van der Waals surface area (Å²) < 4.78 is 39.6. The molecule has 0 aromatic heterocycles. The number of halogens is 3. The van der Waals surface area contributed by atoms with Gasteiger partial charge in [0.25, 0.3) is 0 Å². The molecule has 1 fully saturated rings. The maximum atomic E-state index is 12.3. The van der Waals surface area contributed by atoms with E-state index in [4.69, 9.17) is 9.47 Å². The van der Waals surface area contributed by atoms with Crippen molar-refractivity contribution >= 4 is 29.9 Å². The van der Waals surface area contributed by atoms with Crippen LogP contribution >= 0.6 is 24.0 Å². The molecule has 1 heterocycles. The van der Waals surface area contributed by atoms with Crippen molar-refractivity contribution in [2.24, 2.45) is 10.9 Å². The van der Waals surface area contributed by atoms with E-state index in [0.717, 1.165) is 31.0 Å². The topological polar surface area (TPSA) is 55.3 Å². The van der Waals surface area contributed by atoms with Gasteiger partial charge in [-0.25, -0.2) is 0 Å². The van der Waals surface area contributed by atoms with Crippen LogP contribution in [0.4, 0.5) is 8.78 Å². The van der Waals surface area contributed by atoms with Gasteiger partial charge in [-0.2, -0.15) is 8.78 Å². The van der Waals surface area contributed by atoms with E-state index in [1.54, 1.807) is 26.3 Å². The number of methoxy groups -OCH3 is 1. The molecular weight excluding hydrogens is 471 g/mol. The Morgan fingerprint density at radius 1 is 1.37 bits per heavy atom. The minimum absolute atomic E-state index is 0. The number of hydrogen-bond donors (Lipinski definition) is 1. The molecule has 1 aliphatic heterocycles. The number of nitrogens with zero attached hydrogens (tertiary/aromatic N) is 2. The van der Waals surface area contributed by atoms with Crippen LogP contribution in [0.3, 0.4) is 0 Å². The second kappa shape index (κ2) is 13.1. The van der Waals surface area contributed by atoms with Crippen LogP contribution in [-0.2, 0) is 16.0 Å². The lowest BCUT2D eigenvalue weighted by molar-refractivity contribution is -0.0498. The van der Waals surface area contributed by atoms with E-state index in [2.05, 4.69) is 19.9 Å². The number of alkyl halides is 2. The molecule has 1 aromatic carbocycles. The number of rotatable bonds is 9. The van der Waals surface area contributed by atoms with Gasteiger partial charge >= 0.3 is 6.61 Å². The van der Waals surface area contributed by atoms with E-state index in [1.807, 2.05) is 6.07 Å². The van der Waals surface area contributed by atoms with Gasteiger partial charge in [0, 0.05) is 39.7 Å². The van der Waals surface area contributed by atoms with Gasteiger partial charge in [0.15, 0.2) is 5.96 Å². The van der Waals surface area contributed by atoms with Crippen LogP contribution in [0.25, 0.3) is 0 Å². The molecule has 1 N–H and O–H groups in total. The molecule has 0 spiro atoms. The number of guanidine groups is 1. The molecular formula is C18H28F2IN3O3. The average Bonchev–Trinajstić information content (AvgIpc) is 3.08. The minimum atomic E-state index is -2.82. The molecule has 0 aliphatic carbocycles. The number of ether oxygens (including phenoxy) is 3. The molecule has 27 heavy (non-hydrogen) atoms. The highest BCUT2D eigenvalue weighted by Crippen LogP contribution is 2.18. The second-order valence-electron chi connectivity index (χ2n) is 6.10. The standard InChI is InChI=1S/C18H27F2N3O3.HI/c1-21-18(23-7-6-15(12-23)13-25-9-8-24-2)22-11-14-4-3-5-16(10-14)26-17(19)20;/h3-5,10,15,17H,6-9,11-13H2,1-2H3,(H,21,22);1H. The molecule has 0 saturated carbocycles. The number of benzene rings is 1. The number of likely N-dealkylation sites (tertiary alicyclic amines) is 1. The molecule has 154 valence electrons. The van der Waals surface area contributed by atoms with Crippen LogP contribution in [-0.4, -0.2) is 64.5 Å². The lowest BCUT2D eigenvalue weighted by Crippen LogP contribution is -2.39. The maximum absolute atomic E-state index is 12.3. The Labute approximate surface area is 176 Å². The fraction of sp³-hybridized carbons (Fsp3) is 0.611. The van der Waals surface area contributed by atoms with E-state index < -0.39 is 6.61 Å². The van der Waals surface area contributed by atoms with Crippen molar-refractivity contribution in [3.05, 3.63) is 29.8 Å². The minimum Gasteiger partial charge on any atom is -0.435 e. The van der Waals surface area contributed by atoms with Crippen LogP contribution in [0.15, 0.2) is 29.3 Å². The first-order valence-corrected chi connectivity index (χ1v) is 8.68. The van der Waals surface area contributed by atoms with Crippen molar-refractivity contribution in [3.63, 3.8) is 0 Å². The van der Waals surface area contributed by atoms with Crippen LogP contribution < -0.4 is 10.1 Å². The zero-order valence-corrected chi connectivity index (χ0v) is 18.0. The summed E-state index contributed by atoms with van der Waals surface area (Å²) in [5, 5.41) is 3.28. The molecule has 1 saturated heterocycles. The fourth-order valence-corrected chi connectivity index (χ4v) is 2.90. The third kappa shape index (κ3) is 8.56. The molecule has 1 aliphatic rings. The first-order valence-electron chi connectivity index (χ1n) is 8.68. The summed E-state index contributed by atoms with van der Waals surface area (Å²) in [5.41, 5.74) is 0.850. The van der Waals surface area contributed by atoms with Crippen molar-refractivity contribution in [1.82, 2.24) is 10.2 Å². The van der Waals surface area contributed by atoms with Gasteiger partial charge in [-0.1, -0.05) is 12.1 Å².